The number of aliphatic hydroxyl groups excluding tert-OH is 1. The van der Waals surface area contributed by atoms with Crippen molar-refractivity contribution in [3.05, 3.63) is 71.6 Å². The zero-order chi connectivity index (χ0) is 23.7. The van der Waals surface area contributed by atoms with Crippen molar-refractivity contribution in [2.75, 3.05) is 33.4 Å². The Labute approximate surface area is 205 Å². The molecule has 0 radical (unpaired) electrons. The highest BCUT2D eigenvalue weighted by Crippen LogP contribution is 2.43. The lowest BCUT2D eigenvalue weighted by molar-refractivity contribution is -0.0553. The Balaban J connectivity index is 1.41. The minimum Gasteiger partial charge on any atom is -0.497 e. The van der Waals surface area contributed by atoms with E-state index in [2.05, 4.69) is 35.2 Å². The molecule has 2 aliphatic heterocycles. The second-order valence-electron chi connectivity index (χ2n) is 8.94. The molecule has 6 nitrogen and oxygen atoms in total. The number of hydrogen-bond donors (Lipinski definition) is 1. The zero-order valence-electron chi connectivity index (χ0n) is 19.2. The maximum absolute atomic E-state index is 13.3. The van der Waals surface area contributed by atoms with Crippen LogP contribution in [-0.2, 0) is 10.0 Å². The summed E-state index contributed by atoms with van der Waals surface area (Å²) in [5.41, 5.74) is 3.32. The number of fused-ring (bicyclic) bond motifs is 1. The fraction of sp³-hybridized carbons (Fsp3) is 0.385. The Morgan fingerprint density at radius 3 is 2.53 bits per heavy atom. The second-order valence-corrected chi connectivity index (χ2v) is 12.0. The Morgan fingerprint density at radius 2 is 1.82 bits per heavy atom. The van der Waals surface area contributed by atoms with Crippen molar-refractivity contribution in [2.45, 2.75) is 35.1 Å². The fourth-order valence-corrected chi connectivity index (χ4v) is 8.01. The van der Waals surface area contributed by atoms with Gasteiger partial charge in [-0.1, -0.05) is 42.5 Å². The summed E-state index contributed by atoms with van der Waals surface area (Å²) >= 11 is 1.27. The van der Waals surface area contributed by atoms with Gasteiger partial charge in [-0.15, -0.1) is 11.3 Å². The monoisotopic (exact) mass is 498 g/mol. The average molecular weight is 499 g/mol. The van der Waals surface area contributed by atoms with Gasteiger partial charge in [0.1, 0.15) is 9.96 Å². The molecule has 2 aromatic carbocycles. The van der Waals surface area contributed by atoms with Gasteiger partial charge in [0, 0.05) is 31.1 Å². The third kappa shape index (κ3) is 4.29. The smallest absolute Gasteiger partial charge is 0.252 e. The minimum absolute atomic E-state index is 0.0112. The van der Waals surface area contributed by atoms with E-state index in [0.717, 1.165) is 41.8 Å². The van der Waals surface area contributed by atoms with Gasteiger partial charge in [0.2, 0.25) is 0 Å². The van der Waals surface area contributed by atoms with E-state index in [-0.39, 0.29) is 24.6 Å². The quantitative estimate of drug-likeness (QED) is 0.556. The van der Waals surface area contributed by atoms with Gasteiger partial charge in [0.05, 0.1) is 13.7 Å². The molecule has 0 saturated carbocycles. The Kier molecular flexibility index (Phi) is 6.77. The first kappa shape index (κ1) is 23.5. The molecule has 0 amide bonds. The molecule has 3 aromatic rings. The van der Waals surface area contributed by atoms with Crippen molar-refractivity contribution in [3.63, 3.8) is 0 Å². The van der Waals surface area contributed by atoms with E-state index in [1.54, 1.807) is 28.9 Å². The van der Waals surface area contributed by atoms with Crippen LogP contribution in [0.3, 0.4) is 0 Å². The lowest BCUT2D eigenvalue weighted by Crippen LogP contribution is -2.67. The van der Waals surface area contributed by atoms with Gasteiger partial charge in [-0.05, 0) is 59.7 Å². The molecule has 0 bridgehead atoms. The molecule has 0 spiro atoms. The van der Waals surface area contributed by atoms with E-state index in [4.69, 9.17) is 4.74 Å². The number of ether oxygens (including phenoxy) is 1. The molecule has 3 atom stereocenters. The van der Waals surface area contributed by atoms with Crippen LogP contribution in [-0.4, -0.2) is 68.2 Å². The molecule has 3 heterocycles. The van der Waals surface area contributed by atoms with E-state index >= 15 is 0 Å². The molecule has 2 aliphatic rings. The van der Waals surface area contributed by atoms with E-state index in [1.165, 1.54) is 11.3 Å². The summed E-state index contributed by atoms with van der Waals surface area (Å²) in [6, 6.07) is 19.9. The largest absolute Gasteiger partial charge is 0.497 e. The molecule has 0 unspecified atom stereocenters. The fourth-order valence-electron chi connectivity index (χ4n) is 5.36. The Bertz CT molecular complexity index is 1210. The summed E-state index contributed by atoms with van der Waals surface area (Å²) in [7, 11) is -1.85. The molecule has 180 valence electrons. The van der Waals surface area contributed by atoms with Gasteiger partial charge < -0.3 is 9.84 Å². The molecule has 2 saturated heterocycles. The summed E-state index contributed by atoms with van der Waals surface area (Å²) < 4.78 is 34.0. The van der Waals surface area contributed by atoms with Crippen molar-refractivity contribution in [3.8, 4) is 16.9 Å². The van der Waals surface area contributed by atoms with Crippen LogP contribution in [0.5, 0.6) is 5.75 Å². The Morgan fingerprint density at radius 1 is 1.03 bits per heavy atom. The second kappa shape index (κ2) is 9.79. The molecule has 0 aliphatic carbocycles. The van der Waals surface area contributed by atoms with Crippen LogP contribution in [0.1, 0.15) is 24.3 Å². The number of hydrogen-bond acceptors (Lipinski definition) is 6. The van der Waals surface area contributed by atoms with Gasteiger partial charge in [0.15, 0.2) is 0 Å². The Hall–Kier alpha value is -2.23. The van der Waals surface area contributed by atoms with Gasteiger partial charge in [0.25, 0.3) is 10.0 Å². The molecular formula is C26H30N2O4S2. The first-order valence-electron chi connectivity index (χ1n) is 11.7. The molecule has 1 N–H and O–H groups in total. The number of benzene rings is 2. The van der Waals surface area contributed by atoms with Crippen LogP contribution in [0.4, 0.5) is 0 Å². The first-order valence-corrected chi connectivity index (χ1v) is 14.0. The minimum atomic E-state index is -3.51. The van der Waals surface area contributed by atoms with Gasteiger partial charge in [-0.25, -0.2) is 8.42 Å². The van der Waals surface area contributed by atoms with Crippen molar-refractivity contribution >= 4 is 21.4 Å². The third-order valence-corrected chi connectivity index (χ3v) is 10.4. The molecule has 5 rings (SSSR count). The van der Waals surface area contributed by atoms with Crippen LogP contribution in [0.2, 0.25) is 0 Å². The topological polar surface area (TPSA) is 70.1 Å². The summed E-state index contributed by atoms with van der Waals surface area (Å²) in [5.74, 6) is 0.904. The van der Waals surface area contributed by atoms with Crippen LogP contribution in [0.25, 0.3) is 11.1 Å². The number of sulfonamides is 1. The van der Waals surface area contributed by atoms with Gasteiger partial charge >= 0.3 is 0 Å². The highest BCUT2D eigenvalue weighted by atomic mass is 32.2. The van der Waals surface area contributed by atoms with Gasteiger partial charge in [-0.2, -0.15) is 4.31 Å². The van der Waals surface area contributed by atoms with E-state index < -0.39 is 10.0 Å². The number of thiophene rings is 1. The number of rotatable bonds is 6. The van der Waals surface area contributed by atoms with Crippen LogP contribution in [0.15, 0.2) is 70.3 Å². The lowest BCUT2D eigenvalue weighted by Gasteiger charge is -2.57. The molecular weight excluding hydrogens is 468 g/mol. The zero-order valence-corrected chi connectivity index (χ0v) is 20.8. The maximum atomic E-state index is 13.3. The van der Waals surface area contributed by atoms with Crippen molar-refractivity contribution in [1.29, 1.82) is 0 Å². The summed E-state index contributed by atoms with van der Waals surface area (Å²) in [6.45, 7) is 1.94. The molecule has 8 heteroatoms. The SMILES string of the molecule is COc1cccc(-c2ccc([C@@H]3[C@H](CO)N4CCCCN(S(=O)(=O)c5cccs5)C[C@@H]34)cc2)c1. The van der Waals surface area contributed by atoms with E-state index in [0.29, 0.717) is 17.3 Å². The third-order valence-electron chi connectivity index (χ3n) is 7.12. The number of aliphatic hydroxyl groups is 1. The molecule has 2 fully saturated rings. The van der Waals surface area contributed by atoms with Crippen LogP contribution >= 0.6 is 11.3 Å². The van der Waals surface area contributed by atoms with Crippen LogP contribution in [0, 0.1) is 0 Å². The summed E-state index contributed by atoms with van der Waals surface area (Å²) in [6.07, 6.45) is 1.75. The van der Waals surface area contributed by atoms with E-state index in [1.807, 2.05) is 18.2 Å². The number of nitrogens with zero attached hydrogens (tertiary/aromatic N) is 2. The van der Waals surface area contributed by atoms with Crippen molar-refractivity contribution in [1.82, 2.24) is 9.21 Å². The molecule has 34 heavy (non-hydrogen) atoms. The predicted molar refractivity (Wildman–Crippen MR) is 135 cm³/mol. The lowest BCUT2D eigenvalue weighted by atomic mass is 9.74. The molecule has 1 aromatic heterocycles. The highest BCUT2D eigenvalue weighted by molar-refractivity contribution is 7.91. The van der Waals surface area contributed by atoms with Gasteiger partial charge in [-0.3, -0.25) is 4.90 Å². The van der Waals surface area contributed by atoms with Crippen LogP contribution < -0.4 is 4.74 Å². The normalized spacial score (nSPS) is 24.0. The summed E-state index contributed by atoms with van der Waals surface area (Å²) in [5, 5.41) is 12.0. The predicted octanol–water partition coefficient (Wildman–Crippen LogP) is 4.04. The highest BCUT2D eigenvalue weighted by Gasteiger charge is 2.50. The number of methoxy groups -OCH3 is 1. The summed E-state index contributed by atoms with van der Waals surface area (Å²) in [4.78, 5) is 2.30. The van der Waals surface area contributed by atoms with E-state index in [9.17, 15) is 13.5 Å². The maximum Gasteiger partial charge on any atom is 0.252 e. The van der Waals surface area contributed by atoms with Crippen molar-refractivity contribution in [2.24, 2.45) is 0 Å². The standard InChI is InChI=1S/C26H30N2O4S2/c1-32-22-7-4-6-21(16-22)19-9-11-20(12-10-19)26-23-17-27(34(30,31)25-8-5-15-33-25)13-2-3-14-28(23)24(26)18-29/h4-12,15-16,23-24,26,29H,2-3,13-14,17-18H2,1H3/t23-,24-,26-/m0/s1. The first-order chi connectivity index (χ1) is 16.5. The van der Waals surface area contributed by atoms with Crippen molar-refractivity contribution < 1.29 is 18.3 Å². The average Bonchev–Trinajstić information content (AvgIpc) is 3.39.